The van der Waals surface area contributed by atoms with Gasteiger partial charge in [-0.2, -0.15) is 0 Å². The Morgan fingerprint density at radius 1 is 1.34 bits per heavy atom. The van der Waals surface area contributed by atoms with Gasteiger partial charge in [0, 0.05) is 18.7 Å². The van der Waals surface area contributed by atoms with E-state index in [1.807, 2.05) is 0 Å². The summed E-state index contributed by atoms with van der Waals surface area (Å²) in [5, 5.41) is 13.8. The zero-order valence-electron chi connectivity index (χ0n) is 17.3. The first-order valence-corrected chi connectivity index (χ1v) is 11.6. The number of likely N-dealkylation sites (tertiary alicyclic amines) is 1. The molecule has 0 saturated carbocycles. The Balaban J connectivity index is 1.94. The third kappa shape index (κ3) is 6.97. The van der Waals surface area contributed by atoms with E-state index in [4.69, 9.17) is 0 Å². The maximum Gasteiger partial charge on any atom is 0.271 e. The number of hydrogen-bond acceptors (Lipinski definition) is 6. The maximum atomic E-state index is 12.3. The highest BCUT2D eigenvalue weighted by atomic mass is 32.2. The van der Waals surface area contributed by atoms with Crippen molar-refractivity contribution in [1.82, 2.24) is 10.2 Å². The van der Waals surface area contributed by atoms with Gasteiger partial charge in [0.1, 0.15) is 6.54 Å². The number of rotatable bonds is 9. The molecule has 9 nitrogen and oxygen atoms in total. The van der Waals surface area contributed by atoms with Gasteiger partial charge in [-0.1, -0.05) is 13.0 Å². The fourth-order valence-corrected chi connectivity index (χ4v) is 4.27. The number of non-ortho nitro benzene ring substituents is 1. The van der Waals surface area contributed by atoms with Crippen LogP contribution in [0.5, 0.6) is 0 Å². The molecule has 1 aromatic rings. The van der Waals surface area contributed by atoms with Crippen molar-refractivity contribution in [2.45, 2.75) is 33.1 Å². The second-order valence-electron chi connectivity index (χ2n) is 7.73. The van der Waals surface area contributed by atoms with Crippen molar-refractivity contribution in [3.63, 3.8) is 0 Å². The molecule has 1 heterocycles. The van der Waals surface area contributed by atoms with Crippen molar-refractivity contribution in [1.29, 1.82) is 0 Å². The Morgan fingerprint density at radius 2 is 2.00 bits per heavy atom. The molecule has 162 valence electrons. The van der Waals surface area contributed by atoms with E-state index in [-0.39, 0.29) is 11.4 Å². The fraction of sp³-hybridized carbons (Fsp3) is 0.632. The van der Waals surface area contributed by atoms with Gasteiger partial charge in [-0.05, 0) is 57.3 Å². The Bertz CT molecular complexity index is 835. The summed E-state index contributed by atoms with van der Waals surface area (Å²) in [4.78, 5) is 25.2. The van der Waals surface area contributed by atoms with E-state index >= 15 is 0 Å². The second kappa shape index (κ2) is 10.0. The number of nitro benzene ring substituents is 1. The number of nitrogens with one attached hydrogen (secondary N) is 1. The molecule has 1 saturated heterocycles. The molecule has 1 fully saturated rings. The lowest BCUT2D eigenvalue weighted by molar-refractivity contribution is -0.384. The quantitative estimate of drug-likeness (QED) is 0.367. The molecule has 10 heteroatoms. The normalized spacial score (nSPS) is 15.8. The van der Waals surface area contributed by atoms with Crippen molar-refractivity contribution in [2.24, 2.45) is 5.92 Å². The van der Waals surface area contributed by atoms with Crippen LogP contribution < -0.4 is 9.62 Å². The second-order valence-corrected chi connectivity index (χ2v) is 9.63. The number of carbonyl (C=O) groups excluding carboxylic acids is 1. The molecule has 0 aromatic heterocycles. The molecule has 1 amide bonds. The van der Waals surface area contributed by atoms with Gasteiger partial charge in [0.2, 0.25) is 15.9 Å². The van der Waals surface area contributed by atoms with E-state index < -0.39 is 27.4 Å². The number of anilines is 1. The average molecular weight is 427 g/mol. The highest BCUT2D eigenvalue weighted by Crippen LogP contribution is 2.27. The number of nitrogens with zero attached hydrogens (tertiary/aromatic N) is 3. The highest BCUT2D eigenvalue weighted by Gasteiger charge is 2.24. The lowest BCUT2D eigenvalue weighted by atomic mass is 9.99. The van der Waals surface area contributed by atoms with Crippen LogP contribution in [0.15, 0.2) is 18.2 Å². The molecule has 1 aromatic carbocycles. The minimum atomic E-state index is -3.79. The van der Waals surface area contributed by atoms with Crippen molar-refractivity contribution in [3.8, 4) is 0 Å². The van der Waals surface area contributed by atoms with Gasteiger partial charge in [-0.3, -0.25) is 19.2 Å². The van der Waals surface area contributed by atoms with Crippen LogP contribution in [0.2, 0.25) is 0 Å². The number of amides is 1. The monoisotopic (exact) mass is 426 g/mol. The molecular weight excluding hydrogens is 396 g/mol. The zero-order chi connectivity index (χ0) is 21.6. The highest BCUT2D eigenvalue weighted by molar-refractivity contribution is 7.92. The predicted molar refractivity (Wildman–Crippen MR) is 112 cm³/mol. The number of hydrogen-bond donors (Lipinski definition) is 1. The predicted octanol–water partition coefficient (Wildman–Crippen LogP) is 1.91. The Morgan fingerprint density at radius 3 is 2.59 bits per heavy atom. The van der Waals surface area contributed by atoms with Crippen molar-refractivity contribution in [3.05, 3.63) is 33.9 Å². The average Bonchev–Trinajstić information content (AvgIpc) is 2.64. The van der Waals surface area contributed by atoms with Crippen LogP contribution in [0.25, 0.3) is 0 Å². The third-order valence-electron chi connectivity index (χ3n) is 5.21. The van der Waals surface area contributed by atoms with Gasteiger partial charge >= 0.3 is 0 Å². The number of aryl methyl sites for hydroxylation is 1. The Hall–Kier alpha value is -2.20. The summed E-state index contributed by atoms with van der Waals surface area (Å²) in [6.45, 7) is 6.99. The number of carbonyl (C=O) groups is 1. The van der Waals surface area contributed by atoms with Crippen molar-refractivity contribution in [2.75, 3.05) is 43.3 Å². The first-order valence-electron chi connectivity index (χ1n) is 9.79. The summed E-state index contributed by atoms with van der Waals surface area (Å²) in [5.74, 6) is 0.332. The number of piperidine rings is 1. The largest absolute Gasteiger partial charge is 0.354 e. The van der Waals surface area contributed by atoms with Crippen molar-refractivity contribution < 1.29 is 18.1 Å². The van der Waals surface area contributed by atoms with Gasteiger partial charge in [0.25, 0.3) is 5.69 Å². The van der Waals surface area contributed by atoms with Gasteiger partial charge in [-0.25, -0.2) is 8.42 Å². The van der Waals surface area contributed by atoms with Crippen molar-refractivity contribution >= 4 is 27.3 Å². The molecule has 1 aliphatic rings. The summed E-state index contributed by atoms with van der Waals surface area (Å²) in [7, 11) is -3.79. The first-order chi connectivity index (χ1) is 13.6. The molecule has 29 heavy (non-hydrogen) atoms. The minimum Gasteiger partial charge on any atom is -0.354 e. The van der Waals surface area contributed by atoms with E-state index in [0.717, 1.165) is 42.5 Å². The van der Waals surface area contributed by atoms with E-state index in [2.05, 4.69) is 17.1 Å². The summed E-state index contributed by atoms with van der Waals surface area (Å²) in [6.07, 6.45) is 4.15. The molecule has 0 radical (unpaired) electrons. The van der Waals surface area contributed by atoms with E-state index in [9.17, 15) is 23.3 Å². The zero-order valence-corrected chi connectivity index (χ0v) is 18.1. The van der Waals surface area contributed by atoms with Crippen LogP contribution in [0.4, 0.5) is 11.4 Å². The van der Waals surface area contributed by atoms with E-state index in [1.165, 1.54) is 31.0 Å². The lowest BCUT2D eigenvalue weighted by Crippen LogP contribution is -2.41. The molecule has 0 atom stereocenters. The van der Waals surface area contributed by atoms with E-state index in [0.29, 0.717) is 12.1 Å². The molecule has 0 aliphatic carbocycles. The molecule has 0 bridgehead atoms. The standard InChI is InChI=1S/C19H30N4O5S/c1-15-7-11-21(12-8-15)10-4-9-20-19(24)14-22(29(3,27)28)18-13-17(23(25)26)6-5-16(18)2/h5-6,13,15H,4,7-12,14H2,1-3H3,(H,20,24). The van der Waals surface area contributed by atoms with Gasteiger partial charge < -0.3 is 10.2 Å². The summed E-state index contributed by atoms with van der Waals surface area (Å²) < 4.78 is 25.4. The maximum absolute atomic E-state index is 12.3. The van der Waals surface area contributed by atoms with Gasteiger partial charge in [0.05, 0.1) is 16.9 Å². The minimum absolute atomic E-state index is 0.138. The van der Waals surface area contributed by atoms with Crippen LogP contribution in [0, 0.1) is 23.0 Å². The first kappa shape index (κ1) is 23.1. The molecule has 2 rings (SSSR count). The van der Waals surface area contributed by atoms with Crippen LogP contribution in [0.1, 0.15) is 31.7 Å². The molecule has 0 unspecified atom stereocenters. The lowest BCUT2D eigenvalue weighted by Gasteiger charge is -2.30. The summed E-state index contributed by atoms with van der Waals surface area (Å²) in [6, 6.07) is 3.96. The van der Waals surface area contributed by atoms with Crippen LogP contribution >= 0.6 is 0 Å². The summed E-state index contributed by atoms with van der Waals surface area (Å²) >= 11 is 0. The van der Waals surface area contributed by atoms with E-state index in [1.54, 1.807) is 6.92 Å². The van der Waals surface area contributed by atoms with Gasteiger partial charge in [-0.15, -0.1) is 0 Å². The van der Waals surface area contributed by atoms with Crippen LogP contribution in [-0.2, 0) is 14.8 Å². The molecule has 0 spiro atoms. The summed E-state index contributed by atoms with van der Waals surface area (Å²) in [5.41, 5.74) is 0.447. The number of benzene rings is 1. The fourth-order valence-electron chi connectivity index (χ4n) is 3.36. The Kier molecular flexibility index (Phi) is 7.97. The molecule has 1 aliphatic heterocycles. The topological polar surface area (TPSA) is 113 Å². The Labute approximate surface area is 172 Å². The van der Waals surface area contributed by atoms with Crippen LogP contribution in [-0.4, -0.2) is 63.1 Å². The SMILES string of the molecule is Cc1ccc([N+](=O)[O-])cc1N(CC(=O)NCCCN1CCC(C)CC1)S(C)(=O)=O. The molecular formula is C19H30N4O5S. The smallest absolute Gasteiger partial charge is 0.271 e. The number of sulfonamides is 1. The number of nitro groups is 1. The van der Waals surface area contributed by atoms with Gasteiger partial charge in [0.15, 0.2) is 0 Å². The molecule has 1 N–H and O–H groups in total. The van der Waals surface area contributed by atoms with Crippen LogP contribution in [0.3, 0.4) is 0 Å². The third-order valence-corrected chi connectivity index (χ3v) is 6.34.